The molecule has 0 unspecified atom stereocenters. The van der Waals surface area contributed by atoms with Crippen LogP contribution in [0.25, 0.3) is 11.3 Å². The summed E-state index contributed by atoms with van der Waals surface area (Å²) in [5.41, 5.74) is 4.99. The van der Waals surface area contributed by atoms with Crippen LogP contribution in [0.4, 0.5) is 5.13 Å². The summed E-state index contributed by atoms with van der Waals surface area (Å²) >= 11 is 1.49. The number of anilines is 1. The predicted molar refractivity (Wildman–Crippen MR) is 94.0 cm³/mol. The van der Waals surface area contributed by atoms with E-state index in [1.807, 2.05) is 6.92 Å². The molecule has 4 nitrogen and oxygen atoms in total. The standard InChI is InChI=1S/C18H17N3OS/c1-11-4-5-12(2)15(10-11)16-13(3)23-18(20-16)21-17(22)14-6-8-19-9-7-14/h4-10H,1-3H3,(H,20,21,22). The summed E-state index contributed by atoms with van der Waals surface area (Å²) in [4.78, 5) is 21.8. The Balaban J connectivity index is 1.90. The molecule has 3 rings (SSSR count). The van der Waals surface area contributed by atoms with Crippen molar-refractivity contribution < 1.29 is 4.79 Å². The number of carbonyl (C=O) groups is 1. The van der Waals surface area contributed by atoms with Crippen molar-refractivity contribution in [2.24, 2.45) is 0 Å². The Kier molecular flexibility index (Phi) is 4.21. The number of nitrogens with one attached hydrogen (secondary N) is 1. The highest BCUT2D eigenvalue weighted by molar-refractivity contribution is 7.16. The van der Waals surface area contributed by atoms with E-state index in [0.29, 0.717) is 10.7 Å². The van der Waals surface area contributed by atoms with Crippen molar-refractivity contribution in [2.45, 2.75) is 20.8 Å². The van der Waals surface area contributed by atoms with Gasteiger partial charge in [-0.2, -0.15) is 0 Å². The predicted octanol–water partition coefficient (Wildman–Crippen LogP) is 4.38. The highest BCUT2D eigenvalue weighted by Crippen LogP contribution is 2.32. The Morgan fingerprint density at radius 1 is 1.09 bits per heavy atom. The first-order valence-electron chi connectivity index (χ1n) is 7.31. The maximum Gasteiger partial charge on any atom is 0.257 e. The van der Waals surface area contributed by atoms with E-state index in [1.54, 1.807) is 24.5 Å². The number of aromatic nitrogens is 2. The Labute approximate surface area is 139 Å². The monoisotopic (exact) mass is 323 g/mol. The minimum absolute atomic E-state index is 0.173. The number of thiazole rings is 1. The van der Waals surface area contributed by atoms with E-state index < -0.39 is 0 Å². The van der Waals surface area contributed by atoms with Crippen LogP contribution >= 0.6 is 11.3 Å². The first kappa shape index (κ1) is 15.4. The third-order valence-corrected chi connectivity index (χ3v) is 4.49. The van der Waals surface area contributed by atoms with Gasteiger partial charge in [0, 0.05) is 28.4 Å². The van der Waals surface area contributed by atoms with Crippen molar-refractivity contribution in [3.63, 3.8) is 0 Å². The van der Waals surface area contributed by atoms with Crippen LogP contribution in [-0.2, 0) is 0 Å². The fourth-order valence-corrected chi connectivity index (χ4v) is 3.19. The smallest absolute Gasteiger partial charge is 0.257 e. The van der Waals surface area contributed by atoms with Crippen LogP contribution in [0.1, 0.15) is 26.4 Å². The average molecular weight is 323 g/mol. The molecule has 2 aromatic heterocycles. The largest absolute Gasteiger partial charge is 0.298 e. The molecule has 0 fully saturated rings. The highest BCUT2D eigenvalue weighted by atomic mass is 32.1. The van der Waals surface area contributed by atoms with Gasteiger partial charge < -0.3 is 0 Å². The third-order valence-electron chi connectivity index (χ3n) is 3.61. The van der Waals surface area contributed by atoms with Crippen molar-refractivity contribution in [1.82, 2.24) is 9.97 Å². The van der Waals surface area contributed by atoms with E-state index >= 15 is 0 Å². The Morgan fingerprint density at radius 3 is 2.57 bits per heavy atom. The van der Waals surface area contributed by atoms with Crippen LogP contribution in [0.2, 0.25) is 0 Å². The molecule has 1 N–H and O–H groups in total. The Bertz CT molecular complexity index is 856. The minimum Gasteiger partial charge on any atom is -0.298 e. The second-order valence-electron chi connectivity index (χ2n) is 5.43. The normalized spacial score (nSPS) is 10.6. The molecule has 0 aliphatic carbocycles. The third kappa shape index (κ3) is 3.29. The van der Waals surface area contributed by atoms with Crippen LogP contribution in [0.3, 0.4) is 0 Å². The number of hydrogen-bond acceptors (Lipinski definition) is 4. The van der Waals surface area contributed by atoms with Crippen molar-refractivity contribution in [2.75, 3.05) is 5.32 Å². The fraction of sp³-hybridized carbons (Fsp3) is 0.167. The second-order valence-corrected chi connectivity index (χ2v) is 6.64. The fourth-order valence-electron chi connectivity index (χ4n) is 2.36. The van der Waals surface area contributed by atoms with E-state index in [9.17, 15) is 4.79 Å². The van der Waals surface area contributed by atoms with Crippen molar-refractivity contribution in [1.29, 1.82) is 0 Å². The van der Waals surface area contributed by atoms with E-state index in [-0.39, 0.29) is 5.91 Å². The zero-order valence-corrected chi connectivity index (χ0v) is 14.1. The molecule has 0 spiro atoms. The number of nitrogens with zero attached hydrogens (tertiary/aromatic N) is 2. The molecule has 1 amide bonds. The summed E-state index contributed by atoms with van der Waals surface area (Å²) in [5.74, 6) is -0.173. The number of hydrogen-bond donors (Lipinski definition) is 1. The van der Waals surface area contributed by atoms with Crippen LogP contribution in [0, 0.1) is 20.8 Å². The van der Waals surface area contributed by atoms with Gasteiger partial charge in [-0.25, -0.2) is 4.98 Å². The molecule has 116 valence electrons. The SMILES string of the molecule is Cc1ccc(C)c(-c2nc(NC(=O)c3ccncc3)sc2C)c1. The lowest BCUT2D eigenvalue weighted by molar-refractivity contribution is 0.102. The molecule has 1 aromatic carbocycles. The van der Waals surface area contributed by atoms with E-state index in [4.69, 9.17) is 0 Å². The van der Waals surface area contributed by atoms with Crippen LogP contribution in [0.5, 0.6) is 0 Å². The zero-order chi connectivity index (χ0) is 16.4. The van der Waals surface area contributed by atoms with Crippen molar-refractivity contribution >= 4 is 22.4 Å². The minimum atomic E-state index is -0.173. The van der Waals surface area contributed by atoms with Crippen molar-refractivity contribution in [3.05, 3.63) is 64.3 Å². The molecule has 2 heterocycles. The molecule has 0 aliphatic rings. The van der Waals surface area contributed by atoms with Gasteiger partial charge in [0.15, 0.2) is 5.13 Å². The van der Waals surface area contributed by atoms with Gasteiger partial charge in [-0.15, -0.1) is 11.3 Å². The van der Waals surface area contributed by atoms with Crippen LogP contribution < -0.4 is 5.32 Å². The number of pyridine rings is 1. The molecule has 23 heavy (non-hydrogen) atoms. The molecule has 3 aromatic rings. The first-order chi connectivity index (χ1) is 11.0. The van der Waals surface area contributed by atoms with Gasteiger partial charge in [0.05, 0.1) is 5.69 Å². The molecule has 5 heteroatoms. The topological polar surface area (TPSA) is 54.9 Å². The Hall–Kier alpha value is -2.53. The molecular weight excluding hydrogens is 306 g/mol. The van der Waals surface area contributed by atoms with Gasteiger partial charge in [0.2, 0.25) is 0 Å². The van der Waals surface area contributed by atoms with Crippen LogP contribution in [0.15, 0.2) is 42.7 Å². The van der Waals surface area contributed by atoms with Gasteiger partial charge in [-0.1, -0.05) is 17.7 Å². The average Bonchev–Trinajstić information content (AvgIpc) is 2.91. The molecule has 0 radical (unpaired) electrons. The van der Waals surface area contributed by atoms with Gasteiger partial charge in [-0.3, -0.25) is 15.1 Å². The highest BCUT2D eigenvalue weighted by Gasteiger charge is 2.14. The van der Waals surface area contributed by atoms with E-state index in [0.717, 1.165) is 16.1 Å². The lowest BCUT2D eigenvalue weighted by Crippen LogP contribution is -2.11. The zero-order valence-electron chi connectivity index (χ0n) is 13.3. The molecule has 0 saturated heterocycles. The lowest BCUT2D eigenvalue weighted by Gasteiger charge is -2.05. The summed E-state index contributed by atoms with van der Waals surface area (Å²) < 4.78 is 0. The lowest BCUT2D eigenvalue weighted by atomic mass is 10.0. The van der Waals surface area contributed by atoms with Gasteiger partial charge in [0.25, 0.3) is 5.91 Å². The molecule has 0 bridgehead atoms. The molecule has 0 saturated carbocycles. The van der Waals surface area contributed by atoms with Gasteiger partial charge in [-0.05, 0) is 44.5 Å². The Morgan fingerprint density at radius 2 is 1.83 bits per heavy atom. The second kappa shape index (κ2) is 6.30. The number of benzene rings is 1. The van der Waals surface area contributed by atoms with Crippen molar-refractivity contribution in [3.8, 4) is 11.3 Å². The molecule has 0 aliphatic heterocycles. The number of rotatable bonds is 3. The number of carbonyl (C=O) groups excluding carboxylic acids is 1. The summed E-state index contributed by atoms with van der Waals surface area (Å²) in [6, 6.07) is 9.68. The summed E-state index contributed by atoms with van der Waals surface area (Å²) in [7, 11) is 0. The van der Waals surface area contributed by atoms with Crippen LogP contribution in [-0.4, -0.2) is 15.9 Å². The number of amides is 1. The van der Waals surface area contributed by atoms with Gasteiger partial charge in [0.1, 0.15) is 0 Å². The molecular formula is C18H17N3OS. The summed E-state index contributed by atoms with van der Waals surface area (Å²) in [6.45, 7) is 6.16. The molecule has 0 atom stereocenters. The van der Waals surface area contributed by atoms with E-state index in [1.165, 1.54) is 22.5 Å². The van der Waals surface area contributed by atoms with Gasteiger partial charge >= 0.3 is 0 Å². The quantitative estimate of drug-likeness (QED) is 0.778. The first-order valence-corrected chi connectivity index (χ1v) is 8.12. The van der Waals surface area contributed by atoms with E-state index in [2.05, 4.69) is 47.3 Å². The summed E-state index contributed by atoms with van der Waals surface area (Å²) in [6.07, 6.45) is 3.20. The number of aryl methyl sites for hydroxylation is 3. The summed E-state index contributed by atoms with van der Waals surface area (Å²) in [5, 5.41) is 3.48. The maximum absolute atomic E-state index is 12.2. The maximum atomic E-state index is 12.2.